The zero-order valence-corrected chi connectivity index (χ0v) is 20.2. The van der Waals surface area contributed by atoms with Crippen LogP contribution >= 0.6 is 0 Å². The molecule has 0 aliphatic heterocycles. The van der Waals surface area contributed by atoms with Gasteiger partial charge in [0.2, 0.25) is 0 Å². The van der Waals surface area contributed by atoms with Gasteiger partial charge in [0.05, 0.1) is 7.11 Å². The molecule has 174 valence electrons. The van der Waals surface area contributed by atoms with Crippen molar-refractivity contribution >= 4 is 11.9 Å². The molecule has 3 fully saturated rings. The molecule has 0 radical (unpaired) electrons. The topological polar surface area (TPSA) is 52.6 Å². The van der Waals surface area contributed by atoms with Crippen LogP contribution in [0, 0.1) is 40.4 Å². The Morgan fingerprint density at radius 1 is 1.16 bits per heavy atom. The number of carbonyl (C=O) groups is 2. The molecule has 31 heavy (non-hydrogen) atoms. The quantitative estimate of drug-likeness (QED) is 0.391. The van der Waals surface area contributed by atoms with Gasteiger partial charge in [0, 0.05) is 13.3 Å². The summed E-state index contributed by atoms with van der Waals surface area (Å²) in [5, 5.41) is 0. The average Bonchev–Trinajstić information content (AvgIpc) is 3.09. The number of rotatable bonds is 5. The Balaban J connectivity index is 1.50. The zero-order valence-electron chi connectivity index (χ0n) is 20.2. The second kappa shape index (κ2) is 8.56. The van der Waals surface area contributed by atoms with E-state index in [-0.39, 0.29) is 23.5 Å². The van der Waals surface area contributed by atoms with E-state index in [1.807, 2.05) is 0 Å². The molecule has 4 unspecified atom stereocenters. The van der Waals surface area contributed by atoms with Crippen molar-refractivity contribution < 1.29 is 19.1 Å². The van der Waals surface area contributed by atoms with Gasteiger partial charge in [0.25, 0.3) is 0 Å². The Bertz CT molecular complexity index is 742. The molecular formula is C27H42O4. The molecule has 8 atom stereocenters. The zero-order chi connectivity index (χ0) is 22.4. The molecule has 0 amide bonds. The van der Waals surface area contributed by atoms with E-state index in [1.165, 1.54) is 46.1 Å². The first-order chi connectivity index (χ1) is 14.7. The number of carbonyl (C=O) groups excluding carboxylic acids is 2. The molecule has 4 aliphatic rings. The number of hydrogen-bond acceptors (Lipinski definition) is 4. The minimum atomic E-state index is -0.131. The third-order valence-electron chi connectivity index (χ3n) is 10.1. The van der Waals surface area contributed by atoms with Gasteiger partial charge in [0.1, 0.15) is 6.10 Å². The van der Waals surface area contributed by atoms with Crippen LogP contribution in [0.4, 0.5) is 0 Å². The first-order valence-electron chi connectivity index (χ1n) is 12.6. The Morgan fingerprint density at radius 3 is 2.65 bits per heavy atom. The highest BCUT2D eigenvalue weighted by Crippen LogP contribution is 2.66. The molecule has 4 nitrogen and oxygen atoms in total. The molecule has 0 spiro atoms. The summed E-state index contributed by atoms with van der Waals surface area (Å²) >= 11 is 0. The Kier molecular flexibility index (Phi) is 6.31. The number of ether oxygens (including phenoxy) is 2. The summed E-state index contributed by atoms with van der Waals surface area (Å²) in [7, 11) is 1.49. The first-order valence-corrected chi connectivity index (χ1v) is 12.6. The van der Waals surface area contributed by atoms with E-state index in [4.69, 9.17) is 9.47 Å². The highest BCUT2D eigenvalue weighted by atomic mass is 16.5. The van der Waals surface area contributed by atoms with Crippen LogP contribution in [0.5, 0.6) is 0 Å². The predicted molar refractivity (Wildman–Crippen MR) is 121 cm³/mol. The molecule has 0 N–H and O–H groups in total. The minimum Gasteiger partial charge on any atom is -0.469 e. The molecule has 0 aromatic heterocycles. The van der Waals surface area contributed by atoms with Crippen LogP contribution in [0.1, 0.15) is 91.9 Å². The van der Waals surface area contributed by atoms with Crippen molar-refractivity contribution in [3.05, 3.63) is 11.6 Å². The number of esters is 2. The number of allylic oxidation sites excluding steroid dienone is 2. The molecule has 4 heteroatoms. The van der Waals surface area contributed by atoms with Crippen LogP contribution in [0.25, 0.3) is 0 Å². The van der Waals surface area contributed by atoms with Gasteiger partial charge in [-0.3, -0.25) is 9.59 Å². The summed E-state index contributed by atoms with van der Waals surface area (Å²) in [4.78, 5) is 23.1. The molecule has 4 rings (SSSR count). The van der Waals surface area contributed by atoms with E-state index >= 15 is 0 Å². The number of hydrogen-bond donors (Lipinski definition) is 0. The summed E-state index contributed by atoms with van der Waals surface area (Å²) in [5.74, 6) is 3.21. The third kappa shape index (κ3) is 3.97. The van der Waals surface area contributed by atoms with Gasteiger partial charge in [-0.15, -0.1) is 0 Å². The summed E-state index contributed by atoms with van der Waals surface area (Å²) in [5.41, 5.74) is 2.40. The standard InChI is InChI=1S/C27H42O4/c1-17(6-11-25(29)30-5)22-9-10-23-21-8-7-19-16-20(31-18(2)28)12-14-26(19,3)24(21)13-15-27(22,23)4/h13,17,19-23H,6-12,14-16H2,1-5H3/t17-,19+,20+,21?,22?,23?,26?,27-/m1/s1. The fourth-order valence-electron chi connectivity index (χ4n) is 8.45. The maximum atomic E-state index is 11.7. The molecule has 0 aromatic carbocycles. The van der Waals surface area contributed by atoms with E-state index in [9.17, 15) is 9.59 Å². The normalized spacial score (nSPS) is 42.5. The predicted octanol–water partition coefficient (Wildman–Crippen LogP) is 6.09. The number of methoxy groups -OCH3 is 1. The molecule has 0 aromatic rings. The lowest BCUT2D eigenvalue weighted by Gasteiger charge is -2.57. The van der Waals surface area contributed by atoms with Crippen LogP contribution in [-0.2, 0) is 19.1 Å². The molecule has 3 saturated carbocycles. The maximum Gasteiger partial charge on any atom is 0.305 e. The second-order valence-corrected chi connectivity index (χ2v) is 11.6. The van der Waals surface area contributed by atoms with Gasteiger partial charge in [-0.05, 0) is 98.2 Å². The summed E-state index contributed by atoms with van der Waals surface area (Å²) in [6.07, 6.45) is 13.8. The van der Waals surface area contributed by atoms with E-state index in [1.54, 1.807) is 5.57 Å². The second-order valence-electron chi connectivity index (χ2n) is 11.6. The maximum absolute atomic E-state index is 11.7. The minimum absolute atomic E-state index is 0.0759. The highest BCUT2D eigenvalue weighted by Gasteiger charge is 2.57. The number of fused-ring (bicyclic) bond motifs is 5. The molecular weight excluding hydrogens is 388 g/mol. The van der Waals surface area contributed by atoms with Crippen molar-refractivity contribution in [3.8, 4) is 0 Å². The lowest BCUT2D eigenvalue weighted by Crippen LogP contribution is -2.49. The van der Waals surface area contributed by atoms with Crippen molar-refractivity contribution in [3.63, 3.8) is 0 Å². The van der Waals surface area contributed by atoms with Crippen molar-refractivity contribution in [1.82, 2.24) is 0 Å². The van der Waals surface area contributed by atoms with Crippen molar-refractivity contribution in [1.29, 1.82) is 0 Å². The fourth-order valence-corrected chi connectivity index (χ4v) is 8.45. The average molecular weight is 431 g/mol. The van der Waals surface area contributed by atoms with Gasteiger partial charge in [0.15, 0.2) is 0 Å². The Hall–Kier alpha value is -1.32. The van der Waals surface area contributed by atoms with E-state index in [2.05, 4.69) is 26.8 Å². The van der Waals surface area contributed by atoms with Gasteiger partial charge >= 0.3 is 11.9 Å². The Labute approximate surface area is 188 Å². The van der Waals surface area contributed by atoms with Crippen molar-refractivity contribution in [2.45, 2.75) is 98.0 Å². The SMILES string of the molecule is COC(=O)CC[C@@H](C)C1CCC2C3CC[C@H]4C[C@@H](OC(C)=O)CCC4(C)C3=CC[C@@]21C. The van der Waals surface area contributed by atoms with Gasteiger partial charge in [-0.25, -0.2) is 0 Å². The molecule has 4 aliphatic carbocycles. The fraction of sp³-hybridized carbons (Fsp3) is 0.852. The van der Waals surface area contributed by atoms with Gasteiger partial charge in [-0.1, -0.05) is 32.4 Å². The monoisotopic (exact) mass is 430 g/mol. The van der Waals surface area contributed by atoms with Crippen LogP contribution < -0.4 is 0 Å². The van der Waals surface area contributed by atoms with Crippen LogP contribution in [-0.4, -0.2) is 25.2 Å². The first kappa shape index (κ1) is 22.9. The van der Waals surface area contributed by atoms with Crippen molar-refractivity contribution in [2.75, 3.05) is 7.11 Å². The summed E-state index contributed by atoms with van der Waals surface area (Å²) < 4.78 is 10.5. The smallest absolute Gasteiger partial charge is 0.305 e. The molecule has 0 bridgehead atoms. The van der Waals surface area contributed by atoms with Crippen LogP contribution in [0.3, 0.4) is 0 Å². The molecule has 0 heterocycles. The van der Waals surface area contributed by atoms with Crippen molar-refractivity contribution in [2.24, 2.45) is 40.4 Å². The van der Waals surface area contributed by atoms with E-state index in [0.29, 0.717) is 29.6 Å². The van der Waals surface area contributed by atoms with E-state index in [0.717, 1.165) is 37.5 Å². The lowest BCUT2D eigenvalue weighted by atomic mass is 9.48. The lowest BCUT2D eigenvalue weighted by molar-refractivity contribution is -0.151. The summed E-state index contributed by atoms with van der Waals surface area (Å²) in [6.45, 7) is 8.95. The third-order valence-corrected chi connectivity index (χ3v) is 10.1. The molecule has 0 saturated heterocycles. The van der Waals surface area contributed by atoms with E-state index < -0.39 is 0 Å². The van der Waals surface area contributed by atoms with Crippen LogP contribution in [0.15, 0.2) is 11.6 Å². The Morgan fingerprint density at radius 2 is 1.94 bits per heavy atom. The van der Waals surface area contributed by atoms with Gasteiger partial charge < -0.3 is 9.47 Å². The summed E-state index contributed by atoms with van der Waals surface area (Å²) in [6, 6.07) is 0. The van der Waals surface area contributed by atoms with Crippen LogP contribution in [0.2, 0.25) is 0 Å². The highest BCUT2D eigenvalue weighted by molar-refractivity contribution is 5.69. The largest absolute Gasteiger partial charge is 0.469 e. The van der Waals surface area contributed by atoms with Gasteiger partial charge in [-0.2, -0.15) is 0 Å².